The van der Waals surface area contributed by atoms with Crippen molar-refractivity contribution in [1.29, 1.82) is 0 Å². The molecule has 0 bridgehead atoms. The summed E-state index contributed by atoms with van der Waals surface area (Å²) in [6.07, 6.45) is 0.500. The number of hydrogen-bond donors (Lipinski definition) is 2. The smallest absolute Gasteiger partial charge is 0.311 e. The van der Waals surface area contributed by atoms with Crippen LogP contribution in [0.4, 0.5) is 5.69 Å². The average molecular weight is 214 g/mol. The van der Waals surface area contributed by atoms with Crippen LogP contribution in [0.1, 0.15) is 24.8 Å². The van der Waals surface area contributed by atoms with Crippen LogP contribution in [0.3, 0.4) is 0 Å². The highest BCUT2D eigenvalue weighted by atomic mass is 35.5. The molecule has 76 valence electrons. The molecule has 0 heterocycles. The van der Waals surface area contributed by atoms with E-state index in [4.69, 9.17) is 22.4 Å². The van der Waals surface area contributed by atoms with Crippen molar-refractivity contribution in [3.05, 3.63) is 28.8 Å². The molecule has 0 saturated heterocycles. The van der Waals surface area contributed by atoms with Gasteiger partial charge in [-0.2, -0.15) is 0 Å². The van der Waals surface area contributed by atoms with Gasteiger partial charge in [0.25, 0.3) is 0 Å². The number of carboxylic acid groups (broad SMARTS) is 1. The molecule has 14 heavy (non-hydrogen) atoms. The Morgan fingerprint density at radius 3 is 2.79 bits per heavy atom. The molecule has 1 aromatic rings. The zero-order valence-corrected chi connectivity index (χ0v) is 8.58. The number of para-hydroxylation sites is 1. The maximum absolute atomic E-state index is 10.9. The summed E-state index contributed by atoms with van der Waals surface area (Å²) in [6.45, 7) is 1.80. The maximum Gasteiger partial charge on any atom is 0.311 e. The van der Waals surface area contributed by atoms with Crippen LogP contribution in [0, 0.1) is 0 Å². The predicted molar refractivity (Wildman–Crippen MR) is 56.5 cm³/mol. The number of halogens is 1. The van der Waals surface area contributed by atoms with E-state index in [1.54, 1.807) is 25.1 Å². The van der Waals surface area contributed by atoms with E-state index in [1.165, 1.54) is 0 Å². The number of aliphatic carboxylic acids is 1. The van der Waals surface area contributed by atoms with Crippen molar-refractivity contribution in [1.82, 2.24) is 0 Å². The van der Waals surface area contributed by atoms with Crippen molar-refractivity contribution in [2.24, 2.45) is 0 Å². The number of anilines is 1. The van der Waals surface area contributed by atoms with E-state index in [0.717, 1.165) is 0 Å². The average Bonchev–Trinajstić information content (AvgIpc) is 2.13. The van der Waals surface area contributed by atoms with E-state index >= 15 is 0 Å². The van der Waals surface area contributed by atoms with E-state index in [1.807, 2.05) is 0 Å². The first-order valence-corrected chi connectivity index (χ1v) is 4.72. The second-order valence-corrected chi connectivity index (χ2v) is 3.45. The number of benzene rings is 1. The third kappa shape index (κ3) is 1.99. The van der Waals surface area contributed by atoms with Crippen molar-refractivity contribution >= 4 is 23.3 Å². The number of carbonyl (C=O) groups is 1. The Hall–Kier alpha value is -1.22. The molecule has 3 N–H and O–H groups in total. The van der Waals surface area contributed by atoms with Crippen LogP contribution in [0.2, 0.25) is 5.02 Å². The lowest BCUT2D eigenvalue weighted by Crippen LogP contribution is -2.12. The summed E-state index contributed by atoms with van der Waals surface area (Å²) in [5, 5.41) is 9.35. The Labute approximate surface area is 87.5 Å². The van der Waals surface area contributed by atoms with Gasteiger partial charge in [-0.3, -0.25) is 4.79 Å². The molecule has 1 rings (SSSR count). The molecule has 0 saturated carbocycles. The number of nitrogen functional groups attached to an aromatic ring is 1. The largest absolute Gasteiger partial charge is 0.481 e. The fourth-order valence-electron chi connectivity index (χ4n) is 1.39. The molecule has 1 atom stereocenters. The molecule has 1 aromatic carbocycles. The summed E-state index contributed by atoms with van der Waals surface area (Å²) < 4.78 is 0. The third-order valence-electron chi connectivity index (χ3n) is 2.17. The summed E-state index contributed by atoms with van der Waals surface area (Å²) in [5.41, 5.74) is 6.66. The number of carboxylic acids is 1. The molecule has 0 aromatic heterocycles. The minimum Gasteiger partial charge on any atom is -0.481 e. The second kappa shape index (κ2) is 4.33. The highest BCUT2D eigenvalue weighted by Crippen LogP contribution is 2.30. The summed E-state index contributed by atoms with van der Waals surface area (Å²) >= 11 is 5.80. The lowest BCUT2D eigenvalue weighted by Gasteiger charge is -2.13. The fourth-order valence-corrected chi connectivity index (χ4v) is 1.57. The van der Waals surface area contributed by atoms with E-state index in [-0.39, 0.29) is 0 Å². The molecule has 4 heteroatoms. The van der Waals surface area contributed by atoms with Crippen LogP contribution in [0.5, 0.6) is 0 Å². The Kier molecular flexibility index (Phi) is 3.36. The van der Waals surface area contributed by atoms with Gasteiger partial charge in [0.05, 0.1) is 16.6 Å². The van der Waals surface area contributed by atoms with Crippen LogP contribution < -0.4 is 5.73 Å². The normalized spacial score (nSPS) is 12.4. The first kappa shape index (κ1) is 10.9. The second-order valence-electron chi connectivity index (χ2n) is 3.04. The highest BCUT2D eigenvalue weighted by molar-refractivity contribution is 6.33. The van der Waals surface area contributed by atoms with Crippen molar-refractivity contribution in [3.8, 4) is 0 Å². The van der Waals surface area contributed by atoms with Crippen LogP contribution in [-0.4, -0.2) is 11.1 Å². The number of hydrogen-bond acceptors (Lipinski definition) is 2. The van der Waals surface area contributed by atoms with Gasteiger partial charge >= 0.3 is 5.97 Å². The maximum atomic E-state index is 10.9. The zero-order valence-electron chi connectivity index (χ0n) is 7.83. The molecule has 0 aliphatic rings. The fraction of sp³-hybridized carbons (Fsp3) is 0.300. The molecule has 0 fully saturated rings. The summed E-state index contributed by atoms with van der Waals surface area (Å²) in [4.78, 5) is 10.9. The molecule has 1 unspecified atom stereocenters. The summed E-state index contributed by atoms with van der Waals surface area (Å²) in [7, 11) is 0. The Morgan fingerprint density at radius 1 is 1.64 bits per heavy atom. The van der Waals surface area contributed by atoms with E-state index in [9.17, 15) is 4.79 Å². The standard InChI is InChI=1S/C10H12ClNO2/c1-2-6(10(13)14)7-4-3-5-8(11)9(7)12/h3-6H,2,12H2,1H3,(H,13,14). The Bertz CT molecular complexity index is 352. The van der Waals surface area contributed by atoms with Crippen LogP contribution >= 0.6 is 11.6 Å². The highest BCUT2D eigenvalue weighted by Gasteiger charge is 2.20. The quantitative estimate of drug-likeness (QED) is 0.759. The molecule has 0 spiro atoms. The van der Waals surface area contributed by atoms with E-state index in [2.05, 4.69) is 0 Å². The van der Waals surface area contributed by atoms with Crippen LogP contribution in [0.15, 0.2) is 18.2 Å². The lowest BCUT2D eigenvalue weighted by molar-refractivity contribution is -0.138. The van der Waals surface area contributed by atoms with Gasteiger partial charge in [-0.05, 0) is 18.1 Å². The molecule has 0 aliphatic carbocycles. The minimum atomic E-state index is -0.874. The molecule has 0 radical (unpaired) electrons. The molecule has 0 amide bonds. The van der Waals surface area contributed by atoms with Crippen molar-refractivity contribution in [3.63, 3.8) is 0 Å². The third-order valence-corrected chi connectivity index (χ3v) is 2.50. The van der Waals surface area contributed by atoms with Gasteiger partial charge in [-0.1, -0.05) is 30.7 Å². The molecule has 0 aliphatic heterocycles. The van der Waals surface area contributed by atoms with Crippen molar-refractivity contribution < 1.29 is 9.90 Å². The first-order valence-electron chi connectivity index (χ1n) is 4.34. The SMILES string of the molecule is CCC(C(=O)O)c1cccc(Cl)c1N. The van der Waals surface area contributed by atoms with Gasteiger partial charge < -0.3 is 10.8 Å². The predicted octanol–water partition coefficient (Wildman–Crippen LogP) is 2.50. The van der Waals surface area contributed by atoms with Gasteiger partial charge in [-0.25, -0.2) is 0 Å². The van der Waals surface area contributed by atoms with Crippen LogP contribution in [-0.2, 0) is 4.79 Å². The van der Waals surface area contributed by atoms with E-state index in [0.29, 0.717) is 22.7 Å². The zero-order chi connectivity index (χ0) is 10.7. The van der Waals surface area contributed by atoms with Crippen molar-refractivity contribution in [2.45, 2.75) is 19.3 Å². The van der Waals surface area contributed by atoms with Crippen LogP contribution in [0.25, 0.3) is 0 Å². The summed E-state index contributed by atoms with van der Waals surface area (Å²) in [6, 6.07) is 5.05. The molecule has 3 nitrogen and oxygen atoms in total. The van der Waals surface area contributed by atoms with E-state index < -0.39 is 11.9 Å². The first-order chi connectivity index (χ1) is 6.57. The van der Waals surface area contributed by atoms with Gasteiger partial charge in [-0.15, -0.1) is 0 Å². The number of rotatable bonds is 3. The summed E-state index contributed by atoms with van der Waals surface area (Å²) in [5.74, 6) is -1.45. The van der Waals surface area contributed by atoms with Gasteiger partial charge in [0, 0.05) is 0 Å². The molecular weight excluding hydrogens is 202 g/mol. The van der Waals surface area contributed by atoms with Gasteiger partial charge in [0.2, 0.25) is 0 Å². The topological polar surface area (TPSA) is 63.3 Å². The van der Waals surface area contributed by atoms with Gasteiger partial charge in [0.1, 0.15) is 0 Å². The molecular formula is C10H12ClNO2. The Balaban J connectivity index is 3.16. The van der Waals surface area contributed by atoms with Crippen molar-refractivity contribution in [2.75, 3.05) is 5.73 Å². The number of nitrogens with two attached hydrogens (primary N) is 1. The minimum absolute atomic E-state index is 0.364. The monoisotopic (exact) mass is 213 g/mol. The Morgan fingerprint density at radius 2 is 2.29 bits per heavy atom. The lowest BCUT2D eigenvalue weighted by atomic mass is 9.95. The van der Waals surface area contributed by atoms with Gasteiger partial charge in [0.15, 0.2) is 0 Å².